The molecule has 1 amide bonds. The second kappa shape index (κ2) is 5.90. The van der Waals surface area contributed by atoms with Gasteiger partial charge in [0.1, 0.15) is 0 Å². The number of nitrogens with one attached hydrogen (secondary N) is 1. The van der Waals surface area contributed by atoms with Gasteiger partial charge in [0.15, 0.2) is 0 Å². The summed E-state index contributed by atoms with van der Waals surface area (Å²) < 4.78 is 5.18. The van der Waals surface area contributed by atoms with Crippen molar-refractivity contribution in [1.82, 2.24) is 0 Å². The van der Waals surface area contributed by atoms with Crippen LogP contribution in [-0.2, 0) is 9.53 Å². The molecular weight excluding hydrogens is 206 g/mol. The van der Waals surface area contributed by atoms with Crippen LogP contribution >= 0.6 is 0 Å². The minimum absolute atomic E-state index is 0.128. The second-order valence-corrected chi connectivity index (χ2v) is 3.43. The van der Waals surface area contributed by atoms with Crippen LogP contribution in [0.25, 0.3) is 0 Å². The number of amides is 1. The summed E-state index contributed by atoms with van der Waals surface area (Å²) in [7, 11) is 0. The largest absolute Gasteiger partial charge is 0.459 e. The molecule has 16 heavy (non-hydrogen) atoms. The van der Waals surface area contributed by atoms with Crippen molar-refractivity contribution in [2.45, 2.75) is 26.4 Å². The average Bonchev–Trinajstić information content (AvgIpc) is 2.30. The lowest BCUT2D eigenvalue weighted by molar-refractivity contribution is -0.105. The van der Waals surface area contributed by atoms with Crippen LogP contribution in [0.1, 0.15) is 30.6 Å². The van der Waals surface area contributed by atoms with Gasteiger partial charge in [0.25, 0.3) is 0 Å². The van der Waals surface area contributed by atoms with Gasteiger partial charge in [-0.2, -0.15) is 0 Å². The molecule has 4 nitrogen and oxygen atoms in total. The van der Waals surface area contributed by atoms with Crippen molar-refractivity contribution in [3.8, 4) is 0 Å². The van der Waals surface area contributed by atoms with E-state index in [9.17, 15) is 9.59 Å². The van der Waals surface area contributed by atoms with Crippen molar-refractivity contribution >= 4 is 18.1 Å². The van der Waals surface area contributed by atoms with Crippen molar-refractivity contribution in [1.29, 1.82) is 0 Å². The van der Waals surface area contributed by atoms with Crippen LogP contribution in [-0.4, -0.2) is 18.5 Å². The highest BCUT2D eigenvalue weighted by molar-refractivity contribution is 5.97. The Bertz CT molecular complexity index is 376. The molecule has 0 saturated heterocycles. The molecule has 4 heteroatoms. The molecule has 86 valence electrons. The van der Waals surface area contributed by atoms with Gasteiger partial charge in [-0.3, -0.25) is 4.79 Å². The Labute approximate surface area is 94.6 Å². The Hall–Kier alpha value is -1.84. The number of para-hydroxylation sites is 1. The van der Waals surface area contributed by atoms with Gasteiger partial charge in [0.2, 0.25) is 6.41 Å². The Morgan fingerprint density at radius 2 is 2.19 bits per heavy atom. The van der Waals surface area contributed by atoms with Crippen LogP contribution in [0.5, 0.6) is 0 Å². The van der Waals surface area contributed by atoms with Crippen LogP contribution in [0, 0.1) is 0 Å². The monoisotopic (exact) mass is 221 g/mol. The van der Waals surface area contributed by atoms with E-state index in [0.29, 0.717) is 17.7 Å². The lowest BCUT2D eigenvalue weighted by atomic mass is 10.2. The van der Waals surface area contributed by atoms with Gasteiger partial charge in [-0.25, -0.2) is 4.79 Å². The van der Waals surface area contributed by atoms with Crippen LogP contribution in [0.4, 0.5) is 5.69 Å². The summed E-state index contributed by atoms with van der Waals surface area (Å²) in [6, 6.07) is 6.74. The second-order valence-electron chi connectivity index (χ2n) is 3.43. The van der Waals surface area contributed by atoms with E-state index < -0.39 is 5.97 Å². The van der Waals surface area contributed by atoms with Gasteiger partial charge in [-0.1, -0.05) is 19.1 Å². The quantitative estimate of drug-likeness (QED) is 0.612. The fraction of sp³-hybridized carbons (Fsp3) is 0.333. The van der Waals surface area contributed by atoms with E-state index in [0.717, 1.165) is 6.42 Å². The van der Waals surface area contributed by atoms with E-state index in [1.807, 2.05) is 13.8 Å². The summed E-state index contributed by atoms with van der Waals surface area (Å²) in [4.78, 5) is 22.1. The Kier molecular flexibility index (Phi) is 4.51. The van der Waals surface area contributed by atoms with Gasteiger partial charge >= 0.3 is 5.97 Å². The lowest BCUT2D eigenvalue weighted by Gasteiger charge is -2.12. The maximum Gasteiger partial charge on any atom is 0.340 e. The number of rotatable bonds is 5. The summed E-state index contributed by atoms with van der Waals surface area (Å²) >= 11 is 0. The number of carbonyl (C=O) groups is 2. The van der Waals surface area contributed by atoms with Gasteiger partial charge < -0.3 is 10.1 Å². The molecule has 0 aliphatic rings. The van der Waals surface area contributed by atoms with E-state index in [2.05, 4.69) is 5.32 Å². The third-order valence-electron chi connectivity index (χ3n) is 2.24. The summed E-state index contributed by atoms with van der Waals surface area (Å²) in [6.07, 6.45) is 1.17. The van der Waals surface area contributed by atoms with E-state index in [4.69, 9.17) is 4.74 Å². The molecule has 0 radical (unpaired) electrons. The van der Waals surface area contributed by atoms with Gasteiger partial charge in [-0.05, 0) is 25.5 Å². The smallest absolute Gasteiger partial charge is 0.340 e. The zero-order valence-electron chi connectivity index (χ0n) is 9.40. The Morgan fingerprint density at radius 3 is 2.81 bits per heavy atom. The number of benzene rings is 1. The van der Waals surface area contributed by atoms with Crippen LogP contribution in [0.2, 0.25) is 0 Å². The standard InChI is InChI=1S/C12H15NO3/c1-3-9(2)16-12(15)10-6-4-5-7-11(10)13-8-14/h4-9H,3H2,1-2H3,(H,13,14). The molecule has 0 bridgehead atoms. The highest BCUT2D eigenvalue weighted by Crippen LogP contribution is 2.16. The molecule has 1 unspecified atom stereocenters. The topological polar surface area (TPSA) is 55.4 Å². The maximum absolute atomic E-state index is 11.7. The first-order valence-electron chi connectivity index (χ1n) is 5.19. The van der Waals surface area contributed by atoms with Gasteiger partial charge in [0, 0.05) is 0 Å². The van der Waals surface area contributed by atoms with E-state index in [1.165, 1.54) is 0 Å². The summed E-state index contributed by atoms with van der Waals surface area (Å²) in [5.74, 6) is -0.417. The summed E-state index contributed by atoms with van der Waals surface area (Å²) in [5.41, 5.74) is 0.834. The normalized spacial score (nSPS) is 11.6. The highest BCUT2D eigenvalue weighted by Gasteiger charge is 2.14. The molecule has 0 aliphatic carbocycles. The molecular formula is C12H15NO3. The Balaban J connectivity index is 2.85. The molecule has 1 aromatic rings. The minimum Gasteiger partial charge on any atom is -0.459 e. The molecule has 1 aromatic carbocycles. The molecule has 0 spiro atoms. The first-order chi connectivity index (χ1) is 7.69. The zero-order chi connectivity index (χ0) is 12.0. The molecule has 1 atom stereocenters. The van der Waals surface area contributed by atoms with Crippen LogP contribution < -0.4 is 5.32 Å². The van der Waals surface area contributed by atoms with Crippen LogP contribution in [0.15, 0.2) is 24.3 Å². The molecule has 0 heterocycles. The van der Waals surface area contributed by atoms with E-state index >= 15 is 0 Å². The number of hydrogen-bond acceptors (Lipinski definition) is 3. The van der Waals surface area contributed by atoms with Crippen molar-refractivity contribution in [2.75, 3.05) is 5.32 Å². The van der Waals surface area contributed by atoms with E-state index in [1.54, 1.807) is 24.3 Å². The number of ether oxygens (including phenoxy) is 1. The molecule has 0 fully saturated rings. The van der Waals surface area contributed by atoms with E-state index in [-0.39, 0.29) is 6.10 Å². The number of carbonyl (C=O) groups excluding carboxylic acids is 2. The predicted molar refractivity (Wildman–Crippen MR) is 61.3 cm³/mol. The average molecular weight is 221 g/mol. The molecule has 1 N–H and O–H groups in total. The maximum atomic E-state index is 11.7. The number of esters is 1. The first kappa shape index (κ1) is 12.2. The summed E-state index contributed by atoms with van der Waals surface area (Å²) in [5, 5.41) is 2.47. The third-order valence-corrected chi connectivity index (χ3v) is 2.24. The predicted octanol–water partition coefficient (Wildman–Crippen LogP) is 2.21. The zero-order valence-corrected chi connectivity index (χ0v) is 9.40. The Morgan fingerprint density at radius 1 is 1.50 bits per heavy atom. The lowest BCUT2D eigenvalue weighted by Crippen LogP contribution is -2.15. The molecule has 1 rings (SSSR count). The molecule has 0 aliphatic heterocycles. The van der Waals surface area contributed by atoms with Crippen molar-refractivity contribution in [2.24, 2.45) is 0 Å². The van der Waals surface area contributed by atoms with Crippen LogP contribution in [0.3, 0.4) is 0 Å². The minimum atomic E-state index is -0.417. The van der Waals surface area contributed by atoms with Crippen molar-refractivity contribution in [3.05, 3.63) is 29.8 Å². The third kappa shape index (κ3) is 3.08. The van der Waals surface area contributed by atoms with Gasteiger partial charge in [-0.15, -0.1) is 0 Å². The van der Waals surface area contributed by atoms with Crippen molar-refractivity contribution < 1.29 is 14.3 Å². The fourth-order valence-electron chi connectivity index (χ4n) is 1.18. The van der Waals surface area contributed by atoms with Gasteiger partial charge in [0.05, 0.1) is 17.4 Å². The van der Waals surface area contributed by atoms with Crippen molar-refractivity contribution in [3.63, 3.8) is 0 Å². The number of anilines is 1. The SMILES string of the molecule is CCC(C)OC(=O)c1ccccc1NC=O. The molecule has 0 aromatic heterocycles. The first-order valence-corrected chi connectivity index (χ1v) is 5.19. The number of hydrogen-bond donors (Lipinski definition) is 1. The fourth-order valence-corrected chi connectivity index (χ4v) is 1.18. The summed E-state index contributed by atoms with van der Waals surface area (Å²) in [6.45, 7) is 3.77. The molecule has 0 saturated carbocycles. The highest BCUT2D eigenvalue weighted by atomic mass is 16.5.